The van der Waals surface area contributed by atoms with E-state index in [0.29, 0.717) is 17.1 Å². The van der Waals surface area contributed by atoms with Gasteiger partial charge in [0.1, 0.15) is 5.82 Å². The molecule has 0 radical (unpaired) electrons. The molecule has 2 rings (SSSR count). The fraction of sp³-hybridized carbons (Fsp3) is 0.571. The van der Waals surface area contributed by atoms with E-state index in [2.05, 4.69) is 17.1 Å². The molecule has 0 amide bonds. The molecule has 1 aliphatic heterocycles. The molecule has 1 saturated heterocycles. The predicted octanol–water partition coefficient (Wildman–Crippen LogP) is 2.29. The molecule has 1 aliphatic rings. The minimum absolute atomic E-state index is 0.251. The van der Waals surface area contributed by atoms with Crippen molar-refractivity contribution in [2.75, 3.05) is 32.8 Å². The maximum absolute atomic E-state index is 13.6. The Morgan fingerprint density at radius 3 is 2.84 bits per heavy atom. The number of hydrogen-bond acceptors (Lipinski definition) is 3. The van der Waals surface area contributed by atoms with Crippen LogP contribution in [-0.4, -0.2) is 43.8 Å². The van der Waals surface area contributed by atoms with Crippen LogP contribution in [-0.2, 0) is 11.3 Å². The van der Waals surface area contributed by atoms with E-state index < -0.39 is 0 Å². The normalized spacial score (nSPS) is 18.5. The van der Waals surface area contributed by atoms with Crippen LogP contribution in [0.15, 0.2) is 18.2 Å². The van der Waals surface area contributed by atoms with Crippen LogP contribution in [0.1, 0.15) is 12.5 Å². The summed E-state index contributed by atoms with van der Waals surface area (Å²) in [6, 6.07) is 5.07. The van der Waals surface area contributed by atoms with Crippen molar-refractivity contribution in [3.63, 3.8) is 0 Å². The first-order valence-corrected chi connectivity index (χ1v) is 7.01. The van der Waals surface area contributed by atoms with E-state index in [1.54, 1.807) is 12.1 Å². The Labute approximate surface area is 118 Å². The number of morpholine rings is 1. The molecule has 0 spiro atoms. The quantitative estimate of drug-likeness (QED) is 0.899. The van der Waals surface area contributed by atoms with E-state index in [9.17, 15) is 4.39 Å². The fourth-order valence-electron chi connectivity index (χ4n) is 2.21. The number of rotatable bonds is 5. The van der Waals surface area contributed by atoms with Crippen LogP contribution in [0.5, 0.6) is 0 Å². The van der Waals surface area contributed by atoms with Gasteiger partial charge in [-0.3, -0.25) is 4.90 Å². The number of nitrogens with one attached hydrogen (secondary N) is 1. The zero-order valence-corrected chi connectivity index (χ0v) is 11.9. The molecule has 106 valence electrons. The first-order chi connectivity index (χ1) is 9.16. The molecular weight excluding hydrogens is 267 g/mol. The highest BCUT2D eigenvalue weighted by atomic mass is 35.5. The highest BCUT2D eigenvalue weighted by Crippen LogP contribution is 2.18. The molecule has 0 aliphatic carbocycles. The van der Waals surface area contributed by atoms with E-state index in [0.717, 1.165) is 32.8 Å². The number of ether oxygens (including phenoxy) is 1. The molecule has 1 aromatic rings. The lowest BCUT2D eigenvalue weighted by Crippen LogP contribution is -2.44. The van der Waals surface area contributed by atoms with E-state index in [1.807, 2.05) is 0 Å². The van der Waals surface area contributed by atoms with Gasteiger partial charge in [0.15, 0.2) is 0 Å². The van der Waals surface area contributed by atoms with Gasteiger partial charge < -0.3 is 10.1 Å². The summed E-state index contributed by atoms with van der Waals surface area (Å²) in [4.78, 5) is 2.35. The molecule has 0 aromatic heterocycles. The maximum Gasteiger partial charge on any atom is 0.129 e. The molecule has 1 N–H and O–H groups in total. The lowest BCUT2D eigenvalue weighted by molar-refractivity contribution is 0.0343. The lowest BCUT2D eigenvalue weighted by Gasteiger charge is -2.29. The summed E-state index contributed by atoms with van der Waals surface area (Å²) in [5, 5.41) is 3.80. The second-order valence-corrected chi connectivity index (χ2v) is 5.30. The Kier molecular flexibility index (Phi) is 5.58. The largest absolute Gasteiger partial charge is 0.379 e. The average Bonchev–Trinajstić information content (AvgIpc) is 2.39. The molecule has 5 heteroatoms. The zero-order chi connectivity index (χ0) is 13.7. The first kappa shape index (κ1) is 14.7. The summed E-state index contributed by atoms with van der Waals surface area (Å²) in [5.41, 5.74) is 0.540. The zero-order valence-electron chi connectivity index (χ0n) is 11.2. The second kappa shape index (κ2) is 7.20. The number of halogens is 2. The van der Waals surface area contributed by atoms with Crippen molar-refractivity contribution in [1.82, 2.24) is 10.2 Å². The Morgan fingerprint density at radius 2 is 2.16 bits per heavy atom. The highest BCUT2D eigenvalue weighted by molar-refractivity contribution is 6.31. The molecule has 3 nitrogen and oxygen atoms in total. The van der Waals surface area contributed by atoms with Crippen LogP contribution >= 0.6 is 11.6 Å². The van der Waals surface area contributed by atoms with Gasteiger partial charge in [0.05, 0.1) is 13.2 Å². The molecule has 1 heterocycles. The SMILES string of the molecule is CC(CN1CCOCC1)NCc1c(F)cccc1Cl. The van der Waals surface area contributed by atoms with Crippen LogP contribution in [0.25, 0.3) is 0 Å². The average molecular weight is 287 g/mol. The predicted molar refractivity (Wildman–Crippen MR) is 75.0 cm³/mol. The van der Waals surface area contributed by atoms with Gasteiger partial charge in [-0.2, -0.15) is 0 Å². The van der Waals surface area contributed by atoms with Gasteiger partial charge in [0.2, 0.25) is 0 Å². The Balaban J connectivity index is 1.81. The molecule has 19 heavy (non-hydrogen) atoms. The van der Waals surface area contributed by atoms with Crippen LogP contribution in [0, 0.1) is 5.82 Å². The fourth-order valence-corrected chi connectivity index (χ4v) is 2.44. The summed E-state index contributed by atoms with van der Waals surface area (Å²) in [7, 11) is 0. The molecule has 0 bridgehead atoms. The molecule has 0 saturated carbocycles. The van der Waals surface area contributed by atoms with E-state index >= 15 is 0 Å². The van der Waals surface area contributed by atoms with E-state index in [4.69, 9.17) is 16.3 Å². The van der Waals surface area contributed by atoms with E-state index in [1.165, 1.54) is 6.07 Å². The van der Waals surface area contributed by atoms with Crippen LogP contribution < -0.4 is 5.32 Å². The minimum Gasteiger partial charge on any atom is -0.379 e. The molecule has 1 fully saturated rings. The van der Waals surface area contributed by atoms with Gasteiger partial charge >= 0.3 is 0 Å². The summed E-state index contributed by atoms with van der Waals surface area (Å²) in [5.74, 6) is -0.251. The Bertz CT molecular complexity index is 390. The Morgan fingerprint density at radius 1 is 1.42 bits per heavy atom. The molecule has 1 atom stereocenters. The summed E-state index contributed by atoms with van der Waals surface area (Å²) < 4.78 is 18.9. The van der Waals surface area contributed by atoms with E-state index in [-0.39, 0.29) is 11.9 Å². The molecule has 1 unspecified atom stereocenters. The third-order valence-corrected chi connectivity index (χ3v) is 3.68. The minimum atomic E-state index is -0.251. The number of nitrogens with zero attached hydrogens (tertiary/aromatic N) is 1. The van der Waals surface area contributed by atoms with Crippen molar-refractivity contribution in [3.05, 3.63) is 34.6 Å². The van der Waals surface area contributed by atoms with Crippen molar-refractivity contribution in [3.8, 4) is 0 Å². The van der Waals surface area contributed by atoms with Crippen LogP contribution in [0.3, 0.4) is 0 Å². The topological polar surface area (TPSA) is 24.5 Å². The van der Waals surface area contributed by atoms with Crippen LogP contribution in [0.4, 0.5) is 4.39 Å². The van der Waals surface area contributed by atoms with Gasteiger partial charge in [0, 0.05) is 42.8 Å². The van der Waals surface area contributed by atoms with Crippen molar-refractivity contribution in [2.24, 2.45) is 0 Å². The number of hydrogen-bond donors (Lipinski definition) is 1. The third kappa shape index (κ3) is 4.42. The summed E-state index contributed by atoms with van der Waals surface area (Å²) in [6.07, 6.45) is 0. The van der Waals surface area contributed by atoms with Crippen molar-refractivity contribution < 1.29 is 9.13 Å². The highest BCUT2D eigenvalue weighted by Gasteiger charge is 2.14. The van der Waals surface area contributed by atoms with Crippen LogP contribution in [0.2, 0.25) is 5.02 Å². The van der Waals surface area contributed by atoms with Gasteiger partial charge in [-0.1, -0.05) is 17.7 Å². The van der Waals surface area contributed by atoms with Crippen molar-refractivity contribution in [1.29, 1.82) is 0 Å². The maximum atomic E-state index is 13.6. The van der Waals surface area contributed by atoms with Gasteiger partial charge in [0.25, 0.3) is 0 Å². The Hall–Kier alpha value is -0.680. The smallest absolute Gasteiger partial charge is 0.129 e. The summed E-state index contributed by atoms with van der Waals surface area (Å²) in [6.45, 7) is 7.02. The van der Waals surface area contributed by atoms with Crippen molar-refractivity contribution in [2.45, 2.75) is 19.5 Å². The third-order valence-electron chi connectivity index (χ3n) is 3.32. The lowest BCUT2D eigenvalue weighted by atomic mass is 10.2. The molecule has 1 aromatic carbocycles. The molecular formula is C14H20ClFN2O. The van der Waals surface area contributed by atoms with Crippen molar-refractivity contribution >= 4 is 11.6 Å². The standard InChI is InChI=1S/C14H20ClFN2O/c1-11(10-18-5-7-19-8-6-18)17-9-12-13(15)3-2-4-14(12)16/h2-4,11,17H,5-10H2,1H3. The number of benzene rings is 1. The second-order valence-electron chi connectivity index (χ2n) is 4.90. The first-order valence-electron chi connectivity index (χ1n) is 6.63. The van der Waals surface area contributed by atoms with Gasteiger partial charge in [-0.25, -0.2) is 4.39 Å². The summed E-state index contributed by atoms with van der Waals surface area (Å²) >= 11 is 6.00. The monoisotopic (exact) mass is 286 g/mol. The van der Waals surface area contributed by atoms with Gasteiger partial charge in [-0.05, 0) is 19.1 Å². The van der Waals surface area contributed by atoms with Gasteiger partial charge in [-0.15, -0.1) is 0 Å².